The van der Waals surface area contributed by atoms with Gasteiger partial charge in [-0.2, -0.15) is 0 Å². The van der Waals surface area contributed by atoms with E-state index in [0.29, 0.717) is 22.9 Å². The van der Waals surface area contributed by atoms with Gasteiger partial charge in [-0.05, 0) is 68.3 Å². The number of ether oxygens (including phenoxy) is 1. The number of rotatable bonds is 11. The summed E-state index contributed by atoms with van der Waals surface area (Å²) in [6, 6.07) is 19.1. The second kappa shape index (κ2) is 12.8. The molecule has 0 radical (unpaired) electrons. The zero-order chi connectivity index (χ0) is 27.9. The molecule has 3 rings (SSSR count). The number of sulfonamides is 1. The predicted octanol–water partition coefficient (Wildman–Crippen LogP) is 4.41. The van der Waals surface area contributed by atoms with Crippen LogP contribution >= 0.6 is 11.6 Å². The lowest BCUT2D eigenvalue weighted by atomic mass is 10.1. The van der Waals surface area contributed by atoms with Crippen LogP contribution in [-0.2, 0) is 26.2 Å². The van der Waals surface area contributed by atoms with Crippen molar-refractivity contribution in [2.75, 3.05) is 24.5 Å². The minimum atomic E-state index is -4.18. The van der Waals surface area contributed by atoms with Gasteiger partial charge in [-0.25, -0.2) is 8.42 Å². The summed E-state index contributed by atoms with van der Waals surface area (Å²) in [5, 5.41) is 3.22. The molecule has 1 unspecified atom stereocenters. The van der Waals surface area contributed by atoms with Crippen molar-refractivity contribution in [2.45, 2.75) is 38.3 Å². The molecule has 38 heavy (non-hydrogen) atoms. The Balaban J connectivity index is 2.09. The molecule has 0 saturated heterocycles. The molecule has 0 aromatic heterocycles. The highest BCUT2D eigenvalue weighted by molar-refractivity contribution is 7.92. The number of nitrogens with zero attached hydrogens (tertiary/aromatic N) is 2. The van der Waals surface area contributed by atoms with E-state index >= 15 is 0 Å². The van der Waals surface area contributed by atoms with E-state index < -0.39 is 28.5 Å². The SMILES string of the molecule is CCNC(=O)C(C)N(Cc1cccc(Cl)c1)C(=O)CN(c1cc(C)ccc1OC)S(=O)(=O)c1ccccc1. The van der Waals surface area contributed by atoms with Crippen LogP contribution in [0.1, 0.15) is 25.0 Å². The minimum absolute atomic E-state index is 0.0227. The Hall–Kier alpha value is -3.56. The van der Waals surface area contributed by atoms with Crippen LogP contribution in [-0.4, -0.2) is 51.4 Å². The maximum absolute atomic E-state index is 13.9. The van der Waals surface area contributed by atoms with Crippen molar-refractivity contribution < 1.29 is 22.7 Å². The van der Waals surface area contributed by atoms with Crippen LogP contribution in [0.25, 0.3) is 0 Å². The fourth-order valence-corrected chi connectivity index (χ4v) is 5.61. The molecule has 0 heterocycles. The first-order chi connectivity index (χ1) is 18.1. The third-order valence-electron chi connectivity index (χ3n) is 5.97. The number of aryl methyl sites for hydroxylation is 1. The quantitative estimate of drug-likeness (QED) is 0.377. The van der Waals surface area contributed by atoms with Gasteiger partial charge in [0, 0.05) is 18.1 Å². The first-order valence-corrected chi connectivity index (χ1v) is 13.9. The van der Waals surface area contributed by atoms with Crippen LogP contribution < -0.4 is 14.4 Å². The molecule has 0 aliphatic carbocycles. The summed E-state index contributed by atoms with van der Waals surface area (Å²) in [6.45, 7) is 5.10. The van der Waals surface area contributed by atoms with Crippen molar-refractivity contribution in [2.24, 2.45) is 0 Å². The van der Waals surface area contributed by atoms with Crippen molar-refractivity contribution in [3.63, 3.8) is 0 Å². The van der Waals surface area contributed by atoms with E-state index in [1.54, 1.807) is 74.5 Å². The van der Waals surface area contributed by atoms with E-state index in [0.717, 1.165) is 9.87 Å². The van der Waals surface area contributed by atoms with Crippen molar-refractivity contribution in [3.8, 4) is 5.75 Å². The molecule has 202 valence electrons. The molecule has 1 atom stereocenters. The van der Waals surface area contributed by atoms with Gasteiger partial charge >= 0.3 is 0 Å². The number of anilines is 1. The first kappa shape index (κ1) is 29.0. The van der Waals surface area contributed by atoms with Crippen LogP contribution in [0.15, 0.2) is 77.7 Å². The number of amides is 2. The summed E-state index contributed by atoms with van der Waals surface area (Å²) < 4.78 is 34.3. The van der Waals surface area contributed by atoms with Crippen molar-refractivity contribution in [3.05, 3.63) is 88.9 Å². The van der Waals surface area contributed by atoms with Gasteiger partial charge in [0.1, 0.15) is 18.3 Å². The highest BCUT2D eigenvalue weighted by atomic mass is 35.5. The molecule has 8 nitrogen and oxygen atoms in total. The predicted molar refractivity (Wildman–Crippen MR) is 149 cm³/mol. The Labute approximate surface area is 229 Å². The van der Waals surface area contributed by atoms with Crippen LogP contribution in [0.4, 0.5) is 5.69 Å². The zero-order valence-corrected chi connectivity index (χ0v) is 23.4. The Morgan fingerprint density at radius 2 is 1.74 bits per heavy atom. The number of halogens is 1. The lowest BCUT2D eigenvalue weighted by Crippen LogP contribution is -2.51. The molecule has 2 amide bonds. The van der Waals surface area contributed by atoms with Gasteiger partial charge < -0.3 is 15.0 Å². The largest absolute Gasteiger partial charge is 0.495 e. The zero-order valence-electron chi connectivity index (χ0n) is 21.8. The van der Waals surface area contributed by atoms with E-state index in [4.69, 9.17) is 16.3 Å². The Morgan fingerprint density at radius 1 is 1.03 bits per heavy atom. The Bertz CT molecular complexity index is 1380. The van der Waals surface area contributed by atoms with Gasteiger partial charge in [-0.1, -0.05) is 48.0 Å². The second-order valence-electron chi connectivity index (χ2n) is 8.72. The monoisotopic (exact) mass is 557 g/mol. The van der Waals surface area contributed by atoms with Crippen molar-refractivity contribution in [1.82, 2.24) is 10.2 Å². The molecule has 3 aromatic carbocycles. The van der Waals surface area contributed by atoms with Gasteiger partial charge in [0.2, 0.25) is 11.8 Å². The number of carbonyl (C=O) groups excluding carboxylic acids is 2. The van der Waals surface area contributed by atoms with Gasteiger partial charge in [0.25, 0.3) is 10.0 Å². The number of benzene rings is 3. The van der Waals surface area contributed by atoms with E-state index in [2.05, 4.69) is 5.32 Å². The average molecular weight is 558 g/mol. The number of likely N-dealkylation sites (N-methyl/N-ethyl adjacent to an activating group) is 1. The van der Waals surface area contributed by atoms with Crippen LogP contribution in [0, 0.1) is 6.92 Å². The Kier molecular flexibility index (Phi) is 9.77. The summed E-state index contributed by atoms with van der Waals surface area (Å²) in [5.74, 6) is -0.624. The van der Waals surface area contributed by atoms with Gasteiger partial charge in [0.05, 0.1) is 17.7 Å². The summed E-state index contributed by atoms with van der Waals surface area (Å²) >= 11 is 6.16. The molecule has 0 aliphatic heterocycles. The third-order valence-corrected chi connectivity index (χ3v) is 7.98. The summed E-state index contributed by atoms with van der Waals surface area (Å²) in [7, 11) is -2.75. The average Bonchev–Trinajstić information content (AvgIpc) is 2.90. The topological polar surface area (TPSA) is 96.0 Å². The molecule has 0 aliphatic rings. The highest BCUT2D eigenvalue weighted by Crippen LogP contribution is 2.33. The van der Waals surface area contributed by atoms with E-state index in [-0.39, 0.29) is 23.0 Å². The molecule has 3 aromatic rings. The van der Waals surface area contributed by atoms with Crippen molar-refractivity contribution in [1.29, 1.82) is 0 Å². The lowest BCUT2D eigenvalue weighted by Gasteiger charge is -2.32. The summed E-state index contributed by atoms with van der Waals surface area (Å²) in [6.07, 6.45) is 0. The molecule has 10 heteroatoms. The van der Waals surface area contributed by atoms with Crippen molar-refractivity contribution >= 4 is 39.1 Å². The van der Waals surface area contributed by atoms with E-state index in [1.807, 2.05) is 6.92 Å². The van der Waals surface area contributed by atoms with E-state index in [9.17, 15) is 18.0 Å². The van der Waals surface area contributed by atoms with Gasteiger partial charge in [0.15, 0.2) is 0 Å². The molecule has 0 spiro atoms. The van der Waals surface area contributed by atoms with Crippen LogP contribution in [0.2, 0.25) is 5.02 Å². The molecule has 1 N–H and O–H groups in total. The van der Waals surface area contributed by atoms with Gasteiger partial charge in [-0.3, -0.25) is 13.9 Å². The van der Waals surface area contributed by atoms with Gasteiger partial charge in [-0.15, -0.1) is 0 Å². The fourth-order valence-electron chi connectivity index (χ4n) is 3.96. The van der Waals surface area contributed by atoms with Crippen LogP contribution in [0.3, 0.4) is 0 Å². The Morgan fingerprint density at radius 3 is 2.37 bits per heavy atom. The number of nitrogens with one attached hydrogen (secondary N) is 1. The lowest BCUT2D eigenvalue weighted by molar-refractivity contribution is -0.139. The maximum atomic E-state index is 13.9. The molecule has 0 bridgehead atoms. The first-order valence-electron chi connectivity index (χ1n) is 12.1. The standard InChI is InChI=1S/C28H32ClN3O5S/c1-5-30-28(34)21(3)31(18-22-10-9-11-23(29)17-22)27(33)19-32(25-16-20(2)14-15-26(25)37-4)38(35,36)24-12-7-6-8-13-24/h6-17,21H,5,18-19H2,1-4H3,(H,30,34). The summed E-state index contributed by atoms with van der Waals surface area (Å²) in [4.78, 5) is 28.1. The maximum Gasteiger partial charge on any atom is 0.264 e. The number of methoxy groups -OCH3 is 1. The smallest absolute Gasteiger partial charge is 0.264 e. The molecule has 0 saturated carbocycles. The molecular formula is C28H32ClN3O5S. The normalized spacial score (nSPS) is 11.9. The number of hydrogen-bond acceptors (Lipinski definition) is 5. The summed E-state index contributed by atoms with van der Waals surface area (Å²) in [5.41, 5.74) is 1.71. The fraction of sp³-hybridized carbons (Fsp3) is 0.286. The van der Waals surface area contributed by atoms with Crippen LogP contribution in [0.5, 0.6) is 5.75 Å². The second-order valence-corrected chi connectivity index (χ2v) is 11.0. The molecule has 0 fully saturated rings. The minimum Gasteiger partial charge on any atom is -0.495 e. The molecular weight excluding hydrogens is 526 g/mol. The highest BCUT2D eigenvalue weighted by Gasteiger charge is 2.33. The van der Waals surface area contributed by atoms with E-state index in [1.165, 1.54) is 24.1 Å². The third kappa shape index (κ3) is 6.85. The number of hydrogen-bond donors (Lipinski definition) is 1. The number of carbonyl (C=O) groups is 2.